The van der Waals surface area contributed by atoms with Gasteiger partial charge in [-0.25, -0.2) is 0 Å². The molecule has 2 rings (SSSR count). The van der Waals surface area contributed by atoms with Gasteiger partial charge in [-0.05, 0) is 48.4 Å². The van der Waals surface area contributed by atoms with E-state index in [1.807, 2.05) is 0 Å². The molecule has 1 aromatic carbocycles. The van der Waals surface area contributed by atoms with Gasteiger partial charge in [-0.1, -0.05) is 26.3 Å². The van der Waals surface area contributed by atoms with Crippen LogP contribution in [0, 0.1) is 5.92 Å². The number of hydrogen-bond acceptors (Lipinski definition) is 2. The van der Waals surface area contributed by atoms with E-state index in [1.54, 1.807) is 0 Å². The van der Waals surface area contributed by atoms with Gasteiger partial charge in [0.05, 0.1) is 6.61 Å². The van der Waals surface area contributed by atoms with E-state index < -0.39 is 0 Å². The molecule has 0 radical (unpaired) electrons. The minimum Gasteiger partial charge on any atom is -0.493 e. The number of benzene rings is 1. The summed E-state index contributed by atoms with van der Waals surface area (Å²) >= 11 is 0. The molecule has 0 aromatic heterocycles. The zero-order valence-corrected chi connectivity index (χ0v) is 10.9. The van der Waals surface area contributed by atoms with Crippen LogP contribution in [0.5, 0.6) is 5.75 Å². The monoisotopic (exact) mass is 233 g/mol. The van der Waals surface area contributed by atoms with Crippen molar-refractivity contribution in [3.8, 4) is 5.75 Å². The van der Waals surface area contributed by atoms with Gasteiger partial charge in [0.15, 0.2) is 0 Å². The molecule has 0 heterocycles. The zero-order valence-electron chi connectivity index (χ0n) is 10.9. The fourth-order valence-corrected chi connectivity index (χ4v) is 2.53. The Morgan fingerprint density at radius 2 is 2.29 bits per heavy atom. The van der Waals surface area contributed by atoms with Crippen molar-refractivity contribution in [1.82, 2.24) is 0 Å². The fourth-order valence-electron chi connectivity index (χ4n) is 2.53. The number of fused-ring (bicyclic) bond motifs is 1. The SMILES string of the molecule is CCCC(C)COc1ccc2c(c1)CC[C@@H]2N. The van der Waals surface area contributed by atoms with E-state index in [4.69, 9.17) is 10.5 Å². The summed E-state index contributed by atoms with van der Waals surface area (Å²) < 4.78 is 5.84. The van der Waals surface area contributed by atoms with Crippen molar-refractivity contribution in [2.24, 2.45) is 11.7 Å². The van der Waals surface area contributed by atoms with Gasteiger partial charge in [-0.15, -0.1) is 0 Å². The topological polar surface area (TPSA) is 35.2 Å². The van der Waals surface area contributed by atoms with Crippen LogP contribution in [0.1, 0.15) is 50.3 Å². The van der Waals surface area contributed by atoms with E-state index in [2.05, 4.69) is 32.0 Å². The average Bonchev–Trinajstić information content (AvgIpc) is 2.69. The highest BCUT2D eigenvalue weighted by Gasteiger charge is 2.19. The molecule has 0 bridgehead atoms. The van der Waals surface area contributed by atoms with Crippen LogP contribution in [0.15, 0.2) is 18.2 Å². The molecule has 0 amide bonds. The number of ether oxygens (including phenoxy) is 1. The largest absolute Gasteiger partial charge is 0.493 e. The summed E-state index contributed by atoms with van der Waals surface area (Å²) in [5.41, 5.74) is 8.70. The van der Waals surface area contributed by atoms with Crippen LogP contribution in [0.4, 0.5) is 0 Å². The van der Waals surface area contributed by atoms with E-state index in [0.717, 1.165) is 25.2 Å². The van der Waals surface area contributed by atoms with E-state index in [9.17, 15) is 0 Å². The van der Waals surface area contributed by atoms with Gasteiger partial charge >= 0.3 is 0 Å². The van der Waals surface area contributed by atoms with Crippen LogP contribution in [-0.2, 0) is 6.42 Å². The molecular formula is C15H23NO. The second kappa shape index (κ2) is 5.54. The third-order valence-corrected chi connectivity index (χ3v) is 3.55. The average molecular weight is 233 g/mol. The van der Waals surface area contributed by atoms with E-state index in [1.165, 1.54) is 24.0 Å². The fraction of sp³-hybridized carbons (Fsp3) is 0.600. The van der Waals surface area contributed by atoms with Gasteiger partial charge in [0.1, 0.15) is 5.75 Å². The number of hydrogen-bond donors (Lipinski definition) is 1. The van der Waals surface area contributed by atoms with Crippen LogP contribution in [-0.4, -0.2) is 6.61 Å². The molecule has 2 atom stereocenters. The highest BCUT2D eigenvalue weighted by Crippen LogP contribution is 2.31. The summed E-state index contributed by atoms with van der Waals surface area (Å²) in [6.45, 7) is 5.28. The Bertz CT molecular complexity index is 375. The summed E-state index contributed by atoms with van der Waals surface area (Å²) in [5, 5.41) is 0. The summed E-state index contributed by atoms with van der Waals surface area (Å²) in [6, 6.07) is 6.59. The molecule has 2 heteroatoms. The Morgan fingerprint density at radius 1 is 1.47 bits per heavy atom. The summed E-state index contributed by atoms with van der Waals surface area (Å²) in [6.07, 6.45) is 4.63. The predicted molar refractivity (Wildman–Crippen MR) is 71.3 cm³/mol. The Hall–Kier alpha value is -1.02. The van der Waals surface area contributed by atoms with Crippen molar-refractivity contribution in [3.63, 3.8) is 0 Å². The van der Waals surface area contributed by atoms with Crippen LogP contribution >= 0.6 is 0 Å². The number of rotatable bonds is 5. The molecule has 94 valence electrons. The van der Waals surface area contributed by atoms with E-state index >= 15 is 0 Å². The molecule has 1 aliphatic rings. The molecule has 2 N–H and O–H groups in total. The standard InChI is InChI=1S/C15H23NO/c1-3-4-11(2)10-17-13-6-7-14-12(9-13)5-8-15(14)16/h6-7,9,11,15H,3-5,8,10,16H2,1-2H3/t11?,15-/m0/s1. The maximum atomic E-state index is 6.02. The van der Waals surface area contributed by atoms with Crippen molar-refractivity contribution in [1.29, 1.82) is 0 Å². The van der Waals surface area contributed by atoms with E-state index in [0.29, 0.717) is 5.92 Å². The molecule has 0 saturated heterocycles. The Balaban J connectivity index is 1.94. The molecule has 17 heavy (non-hydrogen) atoms. The van der Waals surface area contributed by atoms with Crippen molar-refractivity contribution in [3.05, 3.63) is 29.3 Å². The summed E-state index contributed by atoms with van der Waals surface area (Å²) in [5.74, 6) is 1.64. The van der Waals surface area contributed by atoms with Crippen LogP contribution < -0.4 is 10.5 Å². The normalized spacial score (nSPS) is 20.1. The molecule has 1 unspecified atom stereocenters. The van der Waals surface area contributed by atoms with Crippen molar-refractivity contribution < 1.29 is 4.74 Å². The van der Waals surface area contributed by atoms with Gasteiger partial charge in [0.2, 0.25) is 0 Å². The lowest BCUT2D eigenvalue weighted by Gasteiger charge is -2.13. The van der Waals surface area contributed by atoms with Crippen LogP contribution in [0.3, 0.4) is 0 Å². The molecule has 1 aromatic rings. The smallest absolute Gasteiger partial charge is 0.119 e. The van der Waals surface area contributed by atoms with Gasteiger partial charge in [-0.2, -0.15) is 0 Å². The lowest BCUT2D eigenvalue weighted by molar-refractivity contribution is 0.251. The van der Waals surface area contributed by atoms with Gasteiger partial charge in [0, 0.05) is 6.04 Å². The summed E-state index contributed by atoms with van der Waals surface area (Å²) in [4.78, 5) is 0. The maximum absolute atomic E-state index is 6.02. The second-order valence-corrected chi connectivity index (χ2v) is 5.21. The van der Waals surface area contributed by atoms with E-state index in [-0.39, 0.29) is 6.04 Å². The third kappa shape index (κ3) is 3.01. The molecule has 2 nitrogen and oxygen atoms in total. The first-order valence-electron chi connectivity index (χ1n) is 6.72. The number of nitrogens with two attached hydrogens (primary N) is 1. The Labute approximate surface area is 104 Å². The van der Waals surface area contributed by atoms with Gasteiger partial charge in [0.25, 0.3) is 0 Å². The van der Waals surface area contributed by atoms with Gasteiger partial charge in [-0.3, -0.25) is 0 Å². The van der Waals surface area contributed by atoms with Crippen molar-refractivity contribution in [2.45, 2.75) is 45.6 Å². The molecule has 0 aliphatic heterocycles. The molecule has 1 aliphatic carbocycles. The van der Waals surface area contributed by atoms with Crippen molar-refractivity contribution >= 4 is 0 Å². The third-order valence-electron chi connectivity index (χ3n) is 3.55. The first kappa shape index (κ1) is 12.4. The quantitative estimate of drug-likeness (QED) is 0.845. The second-order valence-electron chi connectivity index (χ2n) is 5.21. The highest BCUT2D eigenvalue weighted by molar-refractivity contribution is 5.40. The van der Waals surface area contributed by atoms with Gasteiger partial charge < -0.3 is 10.5 Å². The maximum Gasteiger partial charge on any atom is 0.119 e. The summed E-state index contributed by atoms with van der Waals surface area (Å²) in [7, 11) is 0. The predicted octanol–water partition coefficient (Wildman–Crippen LogP) is 3.45. The van der Waals surface area contributed by atoms with Crippen LogP contribution in [0.2, 0.25) is 0 Å². The number of aryl methyl sites for hydroxylation is 1. The molecule has 0 saturated carbocycles. The Kier molecular flexibility index (Phi) is 4.06. The molecule has 0 fully saturated rings. The first-order chi connectivity index (χ1) is 8.20. The zero-order chi connectivity index (χ0) is 12.3. The minimum absolute atomic E-state index is 0.234. The van der Waals surface area contributed by atoms with Crippen molar-refractivity contribution in [2.75, 3.05) is 6.61 Å². The minimum atomic E-state index is 0.234. The van der Waals surface area contributed by atoms with Crippen LogP contribution in [0.25, 0.3) is 0 Å². The lowest BCUT2D eigenvalue weighted by atomic mass is 10.1. The Morgan fingerprint density at radius 3 is 3.06 bits per heavy atom. The highest BCUT2D eigenvalue weighted by atomic mass is 16.5. The first-order valence-corrected chi connectivity index (χ1v) is 6.72. The molecular weight excluding hydrogens is 210 g/mol. The lowest BCUT2D eigenvalue weighted by Crippen LogP contribution is -2.08. The molecule has 0 spiro atoms.